The highest BCUT2D eigenvalue weighted by Crippen LogP contribution is 2.29. The minimum Gasteiger partial charge on any atom is -0.478 e. The van der Waals surface area contributed by atoms with Crippen molar-refractivity contribution in [1.29, 1.82) is 0 Å². The number of ether oxygens (including phenoxy) is 1. The third-order valence-corrected chi connectivity index (χ3v) is 4.14. The molecular weight excluding hydrogens is 312 g/mol. The first-order chi connectivity index (χ1) is 11.2. The number of benzene rings is 1. The molecule has 0 bridgehead atoms. The smallest absolute Gasteiger partial charge is 0.410 e. The van der Waals surface area contributed by atoms with Crippen molar-refractivity contribution in [2.24, 2.45) is 0 Å². The largest absolute Gasteiger partial charge is 0.478 e. The Labute approximate surface area is 139 Å². The number of nitrogens with zero attached hydrogens (tertiary/aromatic N) is 2. The number of carbonyl (C=O) groups is 3. The average molecular weight is 332 g/mol. The zero-order chi connectivity index (χ0) is 17.6. The zero-order valence-corrected chi connectivity index (χ0v) is 13.9. The van der Waals surface area contributed by atoms with Crippen LogP contribution in [0.3, 0.4) is 0 Å². The van der Waals surface area contributed by atoms with E-state index in [1.165, 1.54) is 12.1 Å². The first kappa shape index (κ1) is 16.3. The van der Waals surface area contributed by atoms with E-state index >= 15 is 0 Å². The molecule has 0 spiro atoms. The Morgan fingerprint density at radius 1 is 1.25 bits per heavy atom. The molecule has 2 amide bonds. The van der Waals surface area contributed by atoms with Crippen molar-refractivity contribution < 1.29 is 24.2 Å². The second kappa shape index (κ2) is 5.51. The molecule has 3 rings (SSSR count). The third kappa shape index (κ3) is 2.93. The van der Waals surface area contributed by atoms with Gasteiger partial charge in [0.1, 0.15) is 5.60 Å². The highest BCUT2D eigenvalue weighted by molar-refractivity contribution is 6.01. The SMILES string of the molecule is CC(C)(C)OC(=O)N1CC(N2Cc3ccc(C(=O)O)cc3C2=O)C1. The van der Waals surface area contributed by atoms with E-state index in [1.54, 1.807) is 15.9 Å². The van der Waals surface area contributed by atoms with E-state index in [2.05, 4.69) is 0 Å². The molecule has 2 aliphatic heterocycles. The van der Waals surface area contributed by atoms with Crippen molar-refractivity contribution in [3.05, 3.63) is 34.9 Å². The number of hydrogen-bond acceptors (Lipinski definition) is 4. The van der Waals surface area contributed by atoms with E-state index in [1.807, 2.05) is 20.8 Å². The summed E-state index contributed by atoms with van der Waals surface area (Å²) in [7, 11) is 0. The molecule has 0 radical (unpaired) electrons. The number of hydrogen-bond donors (Lipinski definition) is 1. The Kier molecular flexibility index (Phi) is 3.74. The highest BCUT2D eigenvalue weighted by Gasteiger charge is 2.42. The van der Waals surface area contributed by atoms with Gasteiger partial charge in [-0.15, -0.1) is 0 Å². The first-order valence-corrected chi connectivity index (χ1v) is 7.81. The van der Waals surface area contributed by atoms with Crippen LogP contribution in [0.5, 0.6) is 0 Å². The van der Waals surface area contributed by atoms with Gasteiger partial charge in [0.2, 0.25) is 0 Å². The Morgan fingerprint density at radius 3 is 2.50 bits per heavy atom. The monoisotopic (exact) mass is 332 g/mol. The lowest BCUT2D eigenvalue weighted by atomic mass is 10.1. The van der Waals surface area contributed by atoms with Crippen molar-refractivity contribution in [1.82, 2.24) is 9.80 Å². The molecule has 1 saturated heterocycles. The summed E-state index contributed by atoms with van der Waals surface area (Å²) in [5, 5.41) is 9.04. The highest BCUT2D eigenvalue weighted by atomic mass is 16.6. The van der Waals surface area contributed by atoms with Crippen LogP contribution in [0.4, 0.5) is 4.79 Å². The van der Waals surface area contributed by atoms with E-state index in [0.29, 0.717) is 25.2 Å². The van der Waals surface area contributed by atoms with Crippen LogP contribution in [0.25, 0.3) is 0 Å². The van der Waals surface area contributed by atoms with Crippen molar-refractivity contribution in [3.63, 3.8) is 0 Å². The summed E-state index contributed by atoms with van der Waals surface area (Å²) in [6.07, 6.45) is -0.379. The lowest BCUT2D eigenvalue weighted by Crippen LogP contribution is -2.61. The molecule has 2 heterocycles. The topological polar surface area (TPSA) is 87.2 Å². The fourth-order valence-corrected chi connectivity index (χ4v) is 2.88. The van der Waals surface area contributed by atoms with Crippen LogP contribution >= 0.6 is 0 Å². The molecule has 24 heavy (non-hydrogen) atoms. The van der Waals surface area contributed by atoms with Gasteiger partial charge in [-0.1, -0.05) is 6.07 Å². The van der Waals surface area contributed by atoms with Crippen LogP contribution in [0, 0.1) is 0 Å². The molecule has 0 unspecified atom stereocenters. The summed E-state index contributed by atoms with van der Waals surface area (Å²) in [4.78, 5) is 38.8. The minimum absolute atomic E-state index is 0.0642. The second-order valence-corrected chi connectivity index (χ2v) is 7.15. The maximum absolute atomic E-state index is 12.5. The van der Waals surface area contributed by atoms with E-state index in [-0.39, 0.29) is 23.6 Å². The summed E-state index contributed by atoms with van der Waals surface area (Å²) in [6.45, 7) is 6.73. The van der Waals surface area contributed by atoms with E-state index in [0.717, 1.165) is 5.56 Å². The standard InChI is InChI=1S/C17H20N2O5/c1-17(2,3)24-16(23)18-8-12(9-18)19-7-11-5-4-10(15(21)22)6-13(11)14(19)20/h4-6,12H,7-9H2,1-3H3,(H,21,22). The number of rotatable bonds is 2. The number of carboxylic acid groups (broad SMARTS) is 1. The Hall–Kier alpha value is -2.57. The van der Waals surface area contributed by atoms with Crippen LogP contribution in [0.1, 0.15) is 47.1 Å². The lowest BCUT2D eigenvalue weighted by Gasteiger charge is -2.43. The number of carboxylic acids is 1. The molecule has 0 atom stereocenters. The molecular formula is C17H20N2O5. The molecule has 7 nitrogen and oxygen atoms in total. The summed E-state index contributed by atoms with van der Waals surface area (Å²) in [5.41, 5.74) is 0.814. The van der Waals surface area contributed by atoms with Gasteiger partial charge in [-0.05, 0) is 38.5 Å². The molecule has 0 aromatic heterocycles. The van der Waals surface area contributed by atoms with Gasteiger partial charge < -0.3 is 19.6 Å². The number of likely N-dealkylation sites (tertiary alicyclic amines) is 1. The third-order valence-electron chi connectivity index (χ3n) is 4.14. The molecule has 1 aromatic carbocycles. The predicted octanol–water partition coefficient (Wildman–Crippen LogP) is 1.96. The van der Waals surface area contributed by atoms with Crippen molar-refractivity contribution in [2.75, 3.05) is 13.1 Å². The van der Waals surface area contributed by atoms with Gasteiger partial charge in [-0.3, -0.25) is 4.79 Å². The summed E-state index contributed by atoms with van der Waals surface area (Å²) < 4.78 is 5.30. The van der Waals surface area contributed by atoms with Gasteiger partial charge in [0.15, 0.2) is 0 Å². The second-order valence-electron chi connectivity index (χ2n) is 7.15. The van der Waals surface area contributed by atoms with E-state index in [4.69, 9.17) is 9.84 Å². The fourth-order valence-electron chi connectivity index (χ4n) is 2.88. The molecule has 2 aliphatic rings. The predicted molar refractivity (Wildman–Crippen MR) is 84.9 cm³/mol. The van der Waals surface area contributed by atoms with Gasteiger partial charge in [-0.2, -0.15) is 0 Å². The lowest BCUT2D eigenvalue weighted by molar-refractivity contribution is -0.0125. The maximum atomic E-state index is 12.5. The number of fused-ring (bicyclic) bond motifs is 1. The Balaban J connectivity index is 1.64. The molecule has 7 heteroatoms. The zero-order valence-electron chi connectivity index (χ0n) is 13.9. The number of amides is 2. The number of aromatic carboxylic acids is 1. The normalized spacial score (nSPS) is 17.5. The van der Waals surface area contributed by atoms with E-state index < -0.39 is 11.6 Å². The molecule has 1 aromatic rings. The average Bonchev–Trinajstić information content (AvgIpc) is 2.72. The summed E-state index contributed by atoms with van der Waals surface area (Å²) >= 11 is 0. The van der Waals surface area contributed by atoms with E-state index in [9.17, 15) is 14.4 Å². The van der Waals surface area contributed by atoms with Crippen LogP contribution in [-0.2, 0) is 11.3 Å². The quantitative estimate of drug-likeness (QED) is 0.894. The van der Waals surface area contributed by atoms with Crippen molar-refractivity contribution >= 4 is 18.0 Å². The Bertz CT molecular complexity index is 716. The van der Waals surface area contributed by atoms with Gasteiger partial charge in [0, 0.05) is 25.2 Å². The van der Waals surface area contributed by atoms with Gasteiger partial charge >= 0.3 is 12.1 Å². The molecule has 128 valence electrons. The van der Waals surface area contributed by atoms with Gasteiger partial charge in [0.25, 0.3) is 5.91 Å². The van der Waals surface area contributed by atoms with Gasteiger partial charge in [-0.25, -0.2) is 9.59 Å². The molecule has 0 saturated carbocycles. The van der Waals surface area contributed by atoms with Crippen LogP contribution < -0.4 is 0 Å². The van der Waals surface area contributed by atoms with Crippen molar-refractivity contribution in [2.45, 2.75) is 39.0 Å². The molecule has 1 fully saturated rings. The van der Waals surface area contributed by atoms with Gasteiger partial charge in [0.05, 0.1) is 11.6 Å². The van der Waals surface area contributed by atoms with Crippen molar-refractivity contribution in [3.8, 4) is 0 Å². The molecule has 0 aliphatic carbocycles. The minimum atomic E-state index is -1.05. The van der Waals surface area contributed by atoms with Crippen LogP contribution in [0.15, 0.2) is 18.2 Å². The maximum Gasteiger partial charge on any atom is 0.410 e. The Morgan fingerprint density at radius 2 is 1.92 bits per heavy atom. The number of carbonyl (C=O) groups excluding carboxylic acids is 2. The fraction of sp³-hybridized carbons (Fsp3) is 0.471. The summed E-state index contributed by atoms with van der Waals surface area (Å²) in [5.74, 6) is -1.23. The summed E-state index contributed by atoms with van der Waals surface area (Å²) in [6, 6.07) is 4.54. The van der Waals surface area contributed by atoms with Crippen LogP contribution in [-0.4, -0.2) is 57.6 Å². The molecule has 1 N–H and O–H groups in total. The first-order valence-electron chi connectivity index (χ1n) is 7.81. The van der Waals surface area contributed by atoms with Crippen LogP contribution in [0.2, 0.25) is 0 Å².